The van der Waals surface area contributed by atoms with Gasteiger partial charge in [0.05, 0.1) is 24.4 Å². The number of carbonyl (C=O) groups is 1. The standard InChI is InChI=1S/C17H23N3OS2/c1-4-22-17-19-15(12-23-17)9-16(21)20(10-13(2)3)11-14-7-5-6-8-18-14/h5-8,12-13H,4,9-11H2,1-3H3. The predicted octanol–water partition coefficient (Wildman–Crippen LogP) is 3.88. The monoisotopic (exact) mass is 349 g/mol. The Morgan fingerprint density at radius 3 is 2.83 bits per heavy atom. The summed E-state index contributed by atoms with van der Waals surface area (Å²) in [5.74, 6) is 1.53. The van der Waals surface area contributed by atoms with Crippen molar-refractivity contribution in [1.29, 1.82) is 0 Å². The first-order valence-corrected chi connectivity index (χ1v) is 9.70. The van der Waals surface area contributed by atoms with Gasteiger partial charge in [0.1, 0.15) is 4.34 Å². The van der Waals surface area contributed by atoms with Crippen molar-refractivity contribution in [3.63, 3.8) is 0 Å². The van der Waals surface area contributed by atoms with E-state index >= 15 is 0 Å². The summed E-state index contributed by atoms with van der Waals surface area (Å²) in [6.45, 7) is 7.64. The Morgan fingerprint density at radius 2 is 2.17 bits per heavy atom. The number of pyridine rings is 1. The van der Waals surface area contributed by atoms with Crippen LogP contribution in [0.4, 0.5) is 0 Å². The number of thioether (sulfide) groups is 1. The van der Waals surface area contributed by atoms with Crippen molar-refractivity contribution >= 4 is 29.0 Å². The van der Waals surface area contributed by atoms with Gasteiger partial charge < -0.3 is 4.90 Å². The maximum absolute atomic E-state index is 12.7. The van der Waals surface area contributed by atoms with E-state index in [1.54, 1.807) is 29.3 Å². The maximum atomic E-state index is 12.7. The van der Waals surface area contributed by atoms with E-state index in [4.69, 9.17) is 0 Å². The summed E-state index contributed by atoms with van der Waals surface area (Å²) in [6.07, 6.45) is 2.13. The minimum atomic E-state index is 0.114. The van der Waals surface area contributed by atoms with Crippen LogP contribution in [0, 0.1) is 5.92 Å². The number of aromatic nitrogens is 2. The maximum Gasteiger partial charge on any atom is 0.228 e. The highest BCUT2D eigenvalue weighted by molar-refractivity contribution is 8.00. The van der Waals surface area contributed by atoms with Crippen LogP contribution in [-0.2, 0) is 17.8 Å². The number of carbonyl (C=O) groups excluding carboxylic acids is 1. The number of hydrogen-bond acceptors (Lipinski definition) is 5. The Hall–Kier alpha value is -1.40. The van der Waals surface area contributed by atoms with Gasteiger partial charge in [-0.3, -0.25) is 9.78 Å². The van der Waals surface area contributed by atoms with E-state index in [1.807, 2.05) is 28.5 Å². The van der Waals surface area contributed by atoms with Gasteiger partial charge in [0.15, 0.2) is 0 Å². The van der Waals surface area contributed by atoms with Crippen LogP contribution in [0.25, 0.3) is 0 Å². The molecule has 0 unspecified atom stereocenters. The first kappa shape index (κ1) is 17.9. The van der Waals surface area contributed by atoms with Crippen molar-refractivity contribution in [2.45, 2.75) is 38.1 Å². The molecule has 4 nitrogen and oxygen atoms in total. The molecule has 0 N–H and O–H groups in total. The van der Waals surface area contributed by atoms with Gasteiger partial charge in [-0.2, -0.15) is 0 Å². The summed E-state index contributed by atoms with van der Waals surface area (Å²) >= 11 is 3.33. The van der Waals surface area contributed by atoms with Gasteiger partial charge >= 0.3 is 0 Å². The summed E-state index contributed by atoms with van der Waals surface area (Å²) in [5.41, 5.74) is 1.78. The lowest BCUT2D eigenvalue weighted by Gasteiger charge is -2.24. The fourth-order valence-corrected chi connectivity index (χ4v) is 3.95. The second kappa shape index (κ2) is 9.03. The number of nitrogens with zero attached hydrogens (tertiary/aromatic N) is 3. The number of amides is 1. The number of thiazole rings is 1. The molecule has 2 rings (SSSR count). The zero-order chi connectivity index (χ0) is 16.7. The minimum absolute atomic E-state index is 0.114. The third-order valence-electron chi connectivity index (χ3n) is 3.15. The van der Waals surface area contributed by atoms with Gasteiger partial charge in [0, 0.05) is 18.1 Å². The van der Waals surface area contributed by atoms with Crippen LogP contribution in [0.1, 0.15) is 32.2 Å². The highest BCUT2D eigenvalue weighted by atomic mass is 32.2. The average Bonchev–Trinajstić information content (AvgIpc) is 2.95. The molecule has 0 saturated heterocycles. The number of rotatable bonds is 8. The first-order valence-electron chi connectivity index (χ1n) is 7.83. The second-order valence-electron chi connectivity index (χ2n) is 5.70. The topological polar surface area (TPSA) is 46.1 Å². The molecule has 2 heterocycles. The van der Waals surface area contributed by atoms with Crippen molar-refractivity contribution in [2.24, 2.45) is 5.92 Å². The molecule has 1 amide bonds. The highest BCUT2D eigenvalue weighted by Gasteiger charge is 2.17. The summed E-state index contributed by atoms with van der Waals surface area (Å²) < 4.78 is 1.04. The molecule has 0 saturated carbocycles. The highest BCUT2D eigenvalue weighted by Crippen LogP contribution is 2.22. The third kappa shape index (κ3) is 5.95. The molecule has 2 aromatic heterocycles. The van der Waals surface area contributed by atoms with Crippen LogP contribution in [-0.4, -0.2) is 33.1 Å². The van der Waals surface area contributed by atoms with Crippen LogP contribution < -0.4 is 0 Å². The summed E-state index contributed by atoms with van der Waals surface area (Å²) in [5, 5.41) is 1.99. The molecule has 0 aliphatic rings. The van der Waals surface area contributed by atoms with Gasteiger partial charge in [0.25, 0.3) is 0 Å². The minimum Gasteiger partial charge on any atom is -0.336 e. The van der Waals surface area contributed by atoms with Gasteiger partial charge in [-0.15, -0.1) is 11.3 Å². The quantitative estimate of drug-likeness (QED) is 0.679. The molecule has 6 heteroatoms. The molecular formula is C17H23N3OS2. The van der Waals surface area contributed by atoms with Crippen LogP contribution >= 0.6 is 23.1 Å². The zero-order valence-electron chi connectivity index (χ0n) is 13.9. The lowest BCUT2D eigenvalue weighted by Crippen LogP contribution is -2.35. The average molecular weight is 350 g/mol. The fraction of sp³-hybridized carbons (Fsp3) is 0.471. The molecule has 0 radical (unpaired) electrons. The zero-order valence-corrected chi connectivity index (χ0v) is 15.5. The summed E-state index contributed by atoms with van der Waals surface area (Å²) in [6, 6.07) is 5.80. The van der Waals surface area contributed by atoms with Gasteiger partial charge in [0.2, 0.25) is 5.91 Å². The Bertz CT molecular complexity index is 613. The van der Waals surface area contributed by atoms with Crippen molar-refractivity contribution in [3.8, 4) is 0 Å². The molecule has 0 aromatic carbocycles. The lowest BCUT2D eigenvalue weighted by atomic mass is 10.2. The Labute approximate surface area is 146 Å². The van der Waals surface area contributed by atoms with Crippen molar-refractivity contribution in [3.05, 3.63) is 41.2 Å². The molecular weight excluding hydrogens is 326 g/mol. The van der Waals surface area contributed by atoms with E-state index in [0.717, 1.165) is 28.0 Å². The lowest BCUT2D eigenvalue weighted by molar-refractivity contribution is -0.131. The van der Waals surface area contributed by atoms with E-state index in [0.29, 0.717) is 18.9 Å². The Morgan fingerprint density at radius 1 is 1.35 bits per heavy atom. The molecule has 0 atom stereocenters. The first-order chi connectivity index (χ1) is 11.1. The van der Waals surface area contributed by atoms with E-state index in [9.17, 15) is 4.79 Å². The molecule has 0 fully saturated rings. The van der Waals surface area contributed by atoms with Crippen molar-refractivity contribution in [1.82, 2.24) is 14.9 Å². The van der Waals surface area contributed by atoms with Gasteiger partial charge in [-0.1, -0.05) is 38.6 Å². The van der Waals surface area contributed by atoms with Crippen LogP contribution in [0.5, 0.6) is 0 Å². The molecule has 124 valence electrons. The third-order valence-corrected chi connectivity index (χ3v) is 5.10. The molecule has 0 spiro atoms. The predicted molar refractivity (Wildman–Crippen MR) is 96.7 cm³/mol. The Balaban J connectivity index is 2.03. The fourth-order valence-electron chi connectivity index (χ4n) is 2.21. The van der Waals surface area contributed by atoms with Crippen LogP contribution in [0.15, 0.2) is 34.1 Å². The number of hydrogen-bond donors (Lipinski definition) is 0. The molecule has 0 aliphatic heterocycles. The Kier molecular flexibility index (Phi) is 7.05. The van der Waals surface area contributed by atoms with E-state index < -0.39 is 0 Å². The largest absolute Gasteiger partial charge is 0.336 e. The van der Waals surface area contributed by atoms with Crippen LogP contribution in [0.2, 0.25) is 0 Å². The SMILES string of the molecule is CCSc1nc(CC(=O)N(Cc2ccccn2)CC(C)C)cs1. The van der Waals surface area contributed by atoms with E-state index in [2.05, 4.69) is 30.7 Å². The van der Waals surface area contributed by atoms with Crippen LogP contribution in [0.3, 0.4) is 0 Å². The summed E-state index contributed by atoms with van der Waals surface area (Å²) in [4.78, 5) is 23.4. The van der Waals surface area contributed by atoms with Crippen molar-refractivity contribution < 1.29 is 4.79 Å². The van der Waals surface area contributed by atoms with E-state index in [-0.39, 0.29) is 5.91 Å². The molecule has 0 bridgehead atoms. The van der Waals surface area contributed by atoms with Gasteiger partial charge in [-0.05, 0) is 23.8 Å². The normalized spacial score (nSPS) is 11.0. The van der Waals surface area contributed by atoms with Gasteiger partial charge in [-0.25, -0.2) is 4.98 Å². The van der Waals surface area contributed by atoms with E-state index in [1.165, 1.54) is 0 Å². The van der Waals surface area contributed by atoms with Crippen molar-refractivity contribution in [2.75, 3.05) is 12.3 Å². The summed E-state index contributed by atoms with van der Waals surface area (Å²) in [7, 11) is 0. The second-order valence-corrected chi connectivity index (χ2v) is 8.07. The smallest absolute Gasteiger partial charge is 0.228 e. The molecule has 2 aromatic rings. The molecule has 0 aliphatic carbocycles. The molecule has 23 heavy (non-hydrogen) atoms.